The highest BCUT2D eigenvalue weighted by atomic mass is 32.2. The lowest BCUT2D eigenvalue weighted by molar-refractivity contribution is 0.174. The van der Waals surface area contributed by atoms with Crippen molar-refractivity contribution in [2.45, 2.75) is 11.8 Å². The number of hydrogen-bond donors (Lipinski definition) is 0. The second-order valence-electron chi connectivity index (χ2n) is 4.88. The monoisotopic (exact) mass is 335 g/mol. The van der Waals surface area contributed by atoms with Crippen LogP contribution in [0.15, 0.2) is 47.4 Å². The quantitative estimate of drug-likeness (QED) is 0.840. The van der Waals surface area contributed by atoms with Crippen LogP contribution in [0.2, 0.25) is 0 Å². The predicted molar refractivity (Wildman–Crippen MR) is 85.8 cm³/mol. The van der Waals surface area contributed by atoms with E-state index in [9.17, 15) is 8.42 Å². The van der Waals surface area contributed by atoms with Crippen molar-refractivity contribution in [3.63, 3.8) is 0 Å². The van der Waals surface area contributed by atoms with Gasteiger partial charge < -0.3 is 14.2 Å². The highest BCUT2D eigenvalue weighted by molar-refractivity contribution is 7.92. The Kier molecular flexibility index (Phi) is 4.04. The number of ether oxygens (including phenoxy) is 3. The van der Waals surface area contributed by atoms with Gasteiger partial charge in [-0.25, -0.2) is 8.42 Å². The second kappa shape index (κ2) is 6.00. The van der Waals surface area contributed by atoms with Crippen LogP contribution < -0.4 is 18.5 Å². The third kappa shape index (κ3) is 2.79. The molecule has 3 rings (SSSR count). The summed E-state index contributed by atoms with van der Waals surface area (Å²) < 4.78 is 42.7. The van der Waals surface area contributed by atoms with Crippen LogP contribution >= 0.6 is 0 Å². The standard InChI is InChI=1S/C16H17NO5S/c1-3-17(12-4-9-15-16(10-12)22-11-21-15)23(18,19)14-7-5-13(20-2)6-8-14/h4-10H,3,11H2,1-2H3. The summed E-state index contributed by atoms with van der Waals surface area (Å²) in [6.07, 6.45) is 0. The molecule has 0 N–H and O–H groups in total. The van der Waals surface area contributed by atoms with Gasteiger partial charge in [-0.1, -0.05) is 0 Å². The van der Waals surface area contributed by atoms with Crippen LogP contribution in [0, 0.1) is 0 Å². The Balaban J connectivity index is 1.98. The maximum absolute atomic E-state index is 12.9. The Morgan fingerprint density at radius 1 is 1.09 bits per heavy atom. The van der Waals surface area contributed by atoms with Crippen molar-refractivity contribution in [3.8, 4) is 17.2 Å². The van der Waals surface area contributed by atoms with Gasteiger partial charge in [-0.2, -0.15) is 0 Å². The first-order chi connectivity index (χ1) is 11.1. The summed E-state index contributed by atoms with van der Waals surface area (Å²) in [6.45, 7) is 2.23. The third-order valence-corrected chi connectivity index (χ3v) is 5.50. The second-order valence-corrected chi connectivity index (χ2v) is 6.75. The smallest absolute Gasteiger partial charge is 0.264 e. The molecule has 0 bridgehead atoms. The Bertz CT molecular complexity index is 802. The SMILES string of the molecule is CCN(c1ccc2c(c1)OCO2)S(=O)(=O)c1ccc(OC)cc1. The molecule has 0 unspecified atom stereocenters. The van der Waals surface area contributed by atoms with Crippen molar-refractivity contribution < 1.29 is 22.6 Å². The van der Waals surface area contributed by atoms with E-state index in [-0.39, 0.29) is 11.7 Å². The highest BCUT2D eigenvalue weighted by Crippen LogP contribution is 2.36. The molecule has 0 saturated carbocycles. The zero-order chi connectivity index (χ0) is 16.4. The van der Waals surface area contributed by atoms with Crippen molar-refractivity contribution in [1.29, 1.82) is 0 Å². The number of nitrogens with zero attached hydrogens (tertiary/aromatic N) is 1. The van der Waals surface area contributed by atoms with Crippen molar-refractivity contribution >= 4 is 15.7 Å². The van der Waals surface area contributed by atoms with Crippen molar-refractivity contribution in [2.75, 3.05) is 24.8 Å². The Hall–Kier alpha value is -2.41. The van der Waals surface area contributed by atoms with E-state index in [2.05, 4.69) is 0 Å². The lowest BCUT2D eigenvalue weighted by Gasteiger charge is -2.23. The number of rotatable bonds is 5. The van der Waals surface area contributed by atoms with Gasteiger partial charge in [-0.3, -0.25) is 4.31 Å². The zero-order valence-corrected chi connectivity index (χ0v) is 13.7. The van der Waals surface area contributed by atoms with E-state index >= 15 is 0 Å². The molecule has 0 aliphatic carbocycles. The summed E-state index contributed by atoms with van der Waals surface area (Å²) >= 11 is 0. The summed E-state index contributed by atoms with van der Waals surface area (Å²) in [5.74, 6) is 1.77. The zero-order valence-electron chi connectivity index (χ0n) is 12.9. The van der Waals surface area contributed by atoms with Gasteiger partial charge in [0.1, 0.15) is 5.75 Å². The minimum Gasteiger partial charge on any atom is -0.497 e. The number of hydrogen-bond acceptors (Lipinski definition) is 5. The fourth-order valence-corrected chi connectivity index (χ4v) is 3.87. The summed E-state index contributed by atoms with van der Waals surface area (Å²) in [5.41, 5.74) is 0.535. The maximum atomic E-state index is 12.9. The Labute approximate surface area is 135 Å². The first kappa shape index (κ1) is 15.5. The van der Waals surface area contributed by atoms with Crippen molar-refractivity contribution in [3.05, 3.63) is 42.5 Å². The molecular weight excluding hydrogens is 318 g/mol. The topological polar surface area (TPSA) is 65.1 Å². The molecule has 0 saturated heterocycles. The van der Waals surface area contributed by atoms with Crippen LogP contribution in [0.5, 0.6) is 17.2 Å². The van der Waals surface area contributed by atoms with Crippen LogP contribution in [0.3, 0.4) is 0 Å². The van der Waals surface area contributed by atoms with Gasteiger partial charge in [-0.05, 0) is 43.3 Å². The van der Waals surface area contributed by atoms with Crippen LogP contribution in [-0.4, -0.2) is 28.9 Å². The van der Waals surface area contributed by atoms with Crippen LogP contribution in [-0.2, 0) is 10.0 Å². The van der Waals surface area contributed by atoms with Crippen molar-refractivity contribution in [1.82, 2.24) is 0 Å². The molecular formula is C16H17NO5S. The largest absolute Gasteiger partial charge is 0.497 e. The fourth-order valence-electron chi connectivity index (χ4n) is 2.41. The summed E-state index contributed by atoms with van der Waals surface area (Å²) in [7, 11) is -2.13. The minimum absolute atomic E-state index is 0.149. The molecule has 2 aromatic rings. The molecule has 7 heteroatoms. The number of methoxy groups -OCH3 is 1. The lowest BCUT2D eigenvalue weighted by Crippen LogP contribution is -2.30. The van der Waals surface area contributed by atoms with Gasteiger partial charge in [0.25, 0.3) is 10.0 Å². The molecule has 1 aliphatic heterocycles. The van der Waals surface area contributed by atoms with E-state index < -0.39 is 10.0 Å². The van der Waals surface area contributed by atoms with E-state index in [4.69, 9.17) is 14.2 Å². The lowest BCUT2D eigenvalue weighted by atomic mass is 10.3. The molecule has 0 amide bonds. The first-order valence-corrected chi connectivity index (χ1v) is 8.56. The molecule has 1 heterocycles. The highest BCUT2D eigenvalue weighted by Gasteiger charge is 2.25. The number of sulfonamides is 1. The molecule has 0 radical (unpaired) electrons. The Morgan fingerprint density at radius 3 is 2.43 bits per heavy atom. The van der Waals surface area contributed by atoms with Gasteiger partial charge in [0.15, 0.2) is 11.5 Å². The van der Waals surface area contributed by atoms with E-state index in [0.717, 1.165) is 0 Å². The normalized spacial score (nSPS) is 13.0. The predicted octanol–water partition coefficient (Wildman–Crippen LogP) is 2.64. The molecule has 0 atom stereocenters. The minimum atomic E-state index is -3.67. The molecule has 6 nitrogen and oxygen atoms in total. The van der Waals surface area contributed by atoms with Crippen LogP contribution in [0.25, 0.3) is 0 Å². The van der Waals surface area contributed by atoms with Gasteiger partial charge >= 0.3 is 0 Å². The molecule has 23 heavy (non-hydrogen) atoms. The average molecular weight is 335 g/mol. The third-order valence-electron chi connectivity index (χ3n) is 3.58. The van der Waals surface area contributed by atoms with Gasteiger partial charge in [0, 0.05) is 12.6 Å². The summed E-state index contributed by atoms with van der Waals surface area (Å²) in [5, 5.41) is 0. The van der Waals surface area contributed by atoms with Gasteiger partial charge in [0.2, 0.25) is 6.79 Å². The molecule has 2 aromatic carbocycles. The maximum Gasteiger partial charge on any atom is 0.264 e. The molecule has 0 spiro atoms. The number of fused-ring (bicyclic) bond motifs is 1. The van der Waals surface area contributed by atoms with E-state index in [1.54, 1.807) is 37.3 Å². The van der Waals surface area contributed by atoms with Crippen molar-refractivity contribution in [2.24, 2.45) is 0 Å². The van der Waals surface area contributed by atoms with E-state index in [1.165, 1.54) is 23.5 Å². The summed E-state index contributed by atoms with van der Waals surface area (Å²) in [4.78, 5) is 0.206. The van der Waals surface area contributed by atoms with Crippen LogP contribution in [0.4, 0.5) is 5.69 Å². The van der Waals surface area contributed by atoms with E-state index in [1.807, 2.05) is 0 Å². The number of benzene rings is 2. The average Bonchev–Trinajstić information content (AvgIpc) is 3.03. The molecule has 122 valence electrons. The van der Waals surface area contributed by atoms with Crippen LogP contribution in [0.1, 0.15) is 6.92 Å². The summed E-state index contributed by atoms with van der Waals surface area (Å²) in [6, 6.07) is 11.4. The molecule has 0 aromatic heterocycles. The fraction of sp³-hybridized carbons (Fsp3) is 0.250. The Morgan fingerprint density at radius 2 is 1.78 bits per heavy atom. The number of anilines is 1. The van der Waals surface area contributed by atoms with E-state index in [0.29, 0.717) is 29.5 Å². The van der Waals surface area contributed by atoms with Gasteiger partial charge in [-0.15, -0.1) is 0 Å². The molecule has 1 aliphatic rings. The van der Waals surface area contributed by atoms with Gasteiger partial charge in [0.05, 0.1) is 17.7 Å². The molecule has 0 fully saturated rings. The first-order valence-electron chi connectivity index (χ1n) is 7.12.